The first kappa shape index (κ1) is 22.8. The van der Waals surface area contributed by atoms with Crippen molar-refractivity contribution in [1.29, 1.82) is 0 Å². The van der Waals surface area contributed by atoms with E-state index in [0.717, 1.165) is 17.5 Å². The van der Waals surface area contributed by atoms with Crippen LogP contribution in [0.5, 0.6) is 0 Å². The molecule has 0 spiro atoms. The summed E-state index contributed by atoms with van der Waals surface area (Å²) in [5, 5.41) is 5.01. The fourth-order valence-corrected chi connectivity index (χ4v) is 4.46. The van der Waals surface area contributed by atoms with Gasteiger partial charge in [0.25, 0.3) is 5.91 Å². The van der Waals surface area contributed by atoms with Gasteiger partial charge in [0.2, 0.25) is 5.76 Å². The second-order valence-corrected chi connectivity index (χ2v) is 10.7. The van der Waals surface area contributed by atoms with Crippen molar-refractivity contribution in [3.63, 3.8) is 0 Å². The zero-order valence-corrected chi connectivity index (χ0v) is 20.1. The molecule has 0 saturated carbocycles. The molecule has 0 aliphatic rings. The summed E-state index contributed by atoms with van der Waals surface area (Å²) in [6.45, 7) is 5.77. The molecule has 0 aliphatic heterocycles. The summed E-state index contributed by atoms with van der Waals surface area (Å²) >= 11 is 1.28. The van der Waals surface area contributed by atoms with Crippen molar-refractivity contribution < 1.29 is 17.6 Å². The summed E-state index contributed by atoms with van der Waals surface area (Å²) in [6, 6.07) is 10.00. The molecule has 1 amide bonds. The van der Waals surface area contributed by atoms with Gasteiger partial charge in [0.1, 0.15) is 11.4 Å². The minimum Gasteiger partial charge on any atom is -0.435 e. The Labute approximate surface area is 195 Å². The molecule has 0 saturated heterocycles. The SMILES string of the molecule is Cc1cccnc1-c1csc(NC(=O)c2oc(C(C)C)nc2-c2ccc(S(C)(=O)=O)cc2)n1. The summed E-state index contributed by atoms with van der Waals surface area (Å²) in [5.74, 6) is -0.0859. The van der Waals surface area contributed by atoms with Gasteiger partial charge in [-0.2, -0.15) is 0 Å². The van der Waals surface area contributed by atoms with E-state index in [4.69, 9.17) is 4.42 Å². The summed E-state index contributed by atoms with van der Waals surface area (Å²) in [4.78, 5) is 26.6. The quantitative estimate of drug-likeness (QED) is 0.413. The number of hydrogen-bond donors (Lipinski definition) is 1. The molecule has 0 unspecified atom stereocenters. The van der Waals surface area contributed by atoms with E-state index >= 15 is 0 Å². The fraction of sp³-hybridized carbons (Fsp3) is 0.217. The van der Waals surface area contributed by atoms with Crippen molar-refractivity contribution in [1.82, 2.24) is 15.0 Å². The van der Waals surface area contributed by atoms with Crippen molar-refractivity contribution in [2.45, 2.75) is 31.6 Å². The summed E-state index contributed by atoms with van der Waals surface area (Å²) in [7, 11) is -3.34. The highest BCUT2D eigenvalue weighted by Crippen LogP contribution is 2.30. The molecule has 3 heterocycles. The van der Waals surface area contributed by atoms with E-state index in [1.165, 1.54) is 23.5 Å². The number of sulfone groups is 1. The maximum Gasteiger partial charge on any atom is 0.295 e. The predicted molar refractivity (Wildman–Crippen MR) is 127 cm³/mol. The zero-order valence-electron chi connectivity index (χ0n) is 18.5. The van der Waals surface area contributed by atoms with Crippen molar-refractivity contribution in [3.05, 3.63) is 65.2 Å². The monoisotopic (exact) mass is 482 g/mol. The number of aromatic nitrogens is 3. The maximum absolute atomic E-state index is 13.1. The lowest BCUT2D eigenvalue weighted by Crippen LogP contribution is -2.12. The third-order valence-corrected chi connectivity index (χ3v) is 6.76. The molecule has 0 atom stereocenters. The number of pyridine rings is 1. The van der Waals surface area contributed by atoms with Crippen LogP contribution in [0, 0.1) is 6.92 Å². The first-order chi connectivity index (χ1) is 15.6. The molecule has 4 aromatic rings. The van der Waals surface area contributed by atoms with Crippen molar-refractivity contribution in [2.24, 2.45) is 0 Å². The van der Waals surface area contributed by atoms with Crippen LogP contribution >= 0.6 is 11.3 Å². The fourth-order valence-electron chi connectivity index (χ4n) is 3.14. The molecule has 8 nitrogen and oxygen atoms in total. The molecule has 33 heavy (non-hydrogen) atoms. The van der Waals surface area contributed by atoms with E-state index in [1.807, 2.05) is 38.3 Å². The van der Waals surface area contributed by atoms with Crippen LogP contribution in [0.2, 0.25) is 0 Å². The van der Waals surface area contributed by atoms with Gasteiger partial charge < -0.3 is 4.42 Å². The third-order valence-electron chi connectivity index (χ3n) is 4.88. The number of carbonyl (C=O) groups excluding carboxylic acids is 1. The summed E-state index contributed by atoms with van der Waals surface area (Å²) < 4.78 is 29.3. The highest BCUT2D eigenvalue weighted by atomic mass is 32.2. The molecule has 0 fully saturated rings. The Morgan fingerprint density at radius 2 is 1.82 bits per heavy atom. The molecular formula is C23H22N4O4S2. The smallest absolute Gasteiger partial charge is 0.295 e. The molecule has 1 aromatic carbocycles. The largest absolute Gasteiger partial charge is 0.435 e. The standard InChI is InChI=1S/C23H22N4O4S2/c1-13(2)22-26-19(15-7-9-16(10-8-15)33(4,29)30)20(31-22)21(28)27-23-25-17(12-32-23)18-14(3)6-5-11-24-18/h5-13H,1-4H3,(H,25,27,28). The Balaban J connectivity index is 1.65. The number of hydrogen-bond acceptors (Lipinski definition) is 8. The number of benzene rings is 1. The Morgan fingerprint density at radius 1 is 1.09 bits per heavy atom. The topological polar surface area (TPSA) is 115 Å². The molecule has 1 N–H and O–H groups in total. The van der Waals surface area contributed by atoms with Crippen LogP contribution in [0.1, 0.15) is 41.8 Å². The van der Waals surface area contributed by atoms with E-state index in [2.05, 4.69) is 20.3 Å². The van der Waals surface area contributed by atoms with Crippen LogP contribution < -0.4 is 5.32 Å². The van der Waals surface area contributed by atoms with Crippen LogP contribution in [-0.2, 0) is 9.84 Å². The first-order valence-corrected chi connectivity index (χ1v) is 12.9. The summed E-state index contributed by atoms with van der Waals surface area (Å²) in [6.07, 6.45) is 2.84. The van der Waals surface area contributed by atoms with E-state index < -0.39 is 15.7 Å². The van der Waals surface area contributed by atoms with E-state index in [-0.39, 0.29) is 16.6 Å². The van der Waals surface area contributed by atoms with Gasteiger partial charge in [0, 0.05) is 29.3 Å². The average Bonchev–Trinajstić information content (AvgIpc) is 3.41. The minimum absolute atomic E-state index is 0.0385. The second kappa shape index (κ2) is 8.87. The Hall–Kier alpha value is -3.37. The Kier molecular flexibility index (Phi) is 6.13. The number of nitrogens with one attached hydrogen (secondary N) is 1. The van der Waals surface area contributed by atoms with Crippen molar-refractivity contribution in [3.8, 4) is 22.6 Å². The number of thiazole rings is 1. The van der Waals surface area contributed by atoms with Gasteiger partial charge in [-0.15, -0.1) is 11.3 Å². The molecule has 4 rings (SSSR count). The zero-order chi connectivity index (χ0) is 23.8. The number of aryl methyl sites for hydroxylation is 1. The van der Waals surface area contributed by atoms with Crippen molar-refractivity contribution in [2.75, 3.05) is 11.6 Å². The average molecular weight is 483 g/mol. The van der Waals surface area contributed by atoms with Crippen molar-refractivity contribution >= 4 is 32.2 Å². The van der Waals surface area contributed by atoms with Crippen LogP contribution in [-0.4, -0.2) is 35.5 Å². The molecule has 0 aliphatic carbocycles. The maximum atomic E-state index is 13.1. The predicted octanol–water partition coefficient (Wildman–Crippen LogP) is 4.95. The van der Waals surface area contributed by atoms with Crippen LogP contribution in [0.25, 0.3) is 22.6 Å². The lowest BCUT2D eigenvalue weighted by molar-refractivity contribution is 0.0995. The van der Waals surface area contributed by atoms with Gasteiger partial charge >= 0.3 is 0 Å². The van der Waals surface area contributed by atoms with Gasteiger partial charge in [0.15, 0.2) is 20.9 Å². The Morgan fingerprint density at radius 3 is 2.45 bits per heavy atom. The molecule has 170 valence electrons. The Bertz CT molecular complexity index is 1420. The number of anilines is 1. The summed E-state index contributed by atoms with van der Waals surface area (Å²) in [5.41, 5.74) is 3.33. The highest BCUT2D eigenvalue weighted by Gasteiger charge is 2.24. The van der Waals surface area contributed by atoms with Crippen LogP contribution in [0.3, 0.4) is 0 Å². The first-order valence-electron chi connectivity index (χ1n) is 10.1. The van der Waals surface area contributed by atoms with E-state index in [1.54, 1.807) is 18.3 Å². The molecule has 0 radical (unpaired) electrons. The third kappa shape index (κ3) is 4.86. The minimum atomic E-state index is -3.34. The van der Waals surface area contributed by atoms with E-state index in [9.17, 15) is 13.2 Å². The molecule has 3 aromatic heterocycles. The number of carbonyl (C=O) groups is 1. The van der Waals surface area contributed by atoms with Gasteiger partial charge in [-0.05, 0) is 30.7 Å². The molecule has 0 bridgehead atoms. The second-order valence-electron chi connectivity index (χ2n) is 7.84. The van der Waals surface area contributed by atoms with Gasteiger partial charge in [-0.3, -0.25) is 15.1 Å². The highest BCUT2D eigenvalue weighted by molar-refractivity contribution is 7.90. The molecular weight excluding hydrogens is 460 g/mol. The van der Waals surface area contributed by atoms with Gasteiger partial charge in [0.05, 0.1) is 10.6 Å². The van der Waals surface area contributed by atoms with Gasteiger partial charge in [-0.25, -0.2) is 18.4 Å². The van der Waals surface area contributed by atoms with Crippen LogP contribution in [0.4, 0.5) is 5.13 Å². The number of rotatable bonds is 6. The van der Waals surface area contributed by atoms with Crippen LogP contribution in [0.15, 0.2) is 57.3 Å². The lowest BCUT2D eigenvalue weighted by Gasteiger charge is -2.03. The number of oxazole rings is 1. The van der Waals surface area contributed by atoms with Gasteiger partial charge in [-0.1, -0.05) is 32.0 Å². The lowest BCUT2D eigenvalue weighted by atomic mass is 10.1. The molecule has 10 heteroatoms. The normalized spacial score (nSPS) is 11.7. The van der Waals surface area contributed by atoms with E-state index in [0.29, 0.717) is 28.0 Å². The number of nitrogens with zero attached hydrogens (tertiary/aromatic N) is 3. The number of amides is 1.